The highest BCUT2D eigenvalue weighted by atomic mass is 35.5. The lowest BCUT2D eigenvalue weighted by atomic mass is 9.81. The van der Waals surface area contributed by atoms with Gasteiger partial charge in [0.1, 0.15) is 0 Å². The number of benzene rings is 1. The second-order valence-corrected chi connectivity index (χ2v) is 8.10. The third kappa shape index (κ3) is 5.91. The molecule has 1 fully saturated rings. The molecule has 1 aliphatic heterocycles. The van der Waals surface area contributed by atoms with E-state index in [0.717, 1.165) is 32.0 Å². The summed E-state index contributed by atoms with van der Waals surface area (Å²) >= 11 is 0. The van der Waals surface area contributed by atoms with E-state index in [1.54, 1.807) is 0 Å². The van der Waals surface area contributed by atoms with Gasteiger partial charge in [0.15, 0.2) is 0 Å². The molecule has 9 heteroatoms. The zero-order valence-corrected chi connectivity index (χ0v) is 15.0. The molecule has 0 radical (unpaired) electrons. The van der Waals surface area contributed by atoms with Gasteiger partial charge < -0.3 is 5.32 Å². The Balaban J connectivity index is 0.00000288. The summed E-state index contributed by atoms with van der Waals surface area (Å²) in [4.78, 5) is 0. The lowest BCUT2D eigenvalue weighted by Crippen LogP contribution is -2.43. The van der Waals surface area contributed by atoms with Crippen molar-refractivity contribution in [2.45, 2.75) is 31.7 Å². The molecule has 24 heavy (non-hydrogen) atoms. The van der Waals surface area contributed by atoms with Crippen molar-refractivity contribution in [3.8, 4) is 0 Å². The van der Waals surface area contributed by atoms with Crippen LogP contribution in [0.2, 0.25) is 0 Å². The van der Waals surface area contributed by atoms with Crippen molar-refractivity contribution >= 4 is 22.4 Å². The zero-order valence-electron chi connectivity index (χ0n) is 13.3. The molecule has 138 valence electrons. The van der Waals surface area contributed by atoms with Crippen LogP contribution in [0.3, 0.4) is 0 Å². The first-order chi connectivity index (χ1) is 10.6. The Kier molecular flexibility index (Phi) is 7.10. The summed E-state index contributed by atoms with van der Waals surface area (Å²) in [6.07, 6.45) is -2.91. The Bertz CT molecular complexity index is 644. The molecule has 0 atom stereocenters. The summed E-state index contributed by atoms with van der Waals surface area (Å²) in [7, 11) is -3.83. The van der Waals surface area contributed by atoms with Crippen LogP contribution in [0.25, 0.3) is 0 Å². The van der Waals surface area contributed by atoms with Crippen molar-refractivity contribution in [2.75, 3.05) is 19.6 Å². The largest absolute Gasteiger partial charge is 0.416 e. The van der Waals surface area contributed by atoms with Gasteiger partial charge in [-0.1, -0.05) is 25.1 Å². The lowest BCUT2D eigenvalue weighted by Gasteiger charge is -2.34. The fourth-order valence-electron chi connectivity index (χ4n) is 2.67. The first-order valence-corrected chi connectivity index (χ1v) is 9.10. The predicted octanol–water partition coefficient (Wildman–Crippen LogP) is 2.94. The van der Waals surface area contributed by atoms with Gasteiger partial charge in [0.2, 0.25) is 10.0 Å². The highest BCUT2D eigenvalue weighted by Crippen LogP contribution is 2.32. The van der Waals surface area contributed by atoms with Crippen molar-refractivity contribution in [3.05, 3.63) is 35.4 Å². The van der Waals surface area contributed by atoms with Gasteiger partial charge in [0.05, 0.1) is 11.3 Å². The van der Waals surface area contributed by atoms with Gasteiger partial charge >= 0.3 is 6.18 Å². The standard InChI is InChI=1S/C15H21F3N2O2S.ClH/c1-14(6-8-19-9-7-14)11-20-23(21,22)10-12-4-2-3-5-13(12)15(16,17)18;/h2-5,19-20H,6-11H2,1H3;1H. The van der Waals surface area contributed by atoms with Crippen molar-refractivity contribution in [2.24, 2.45) is 5.41 Å². The highest BCUT2D eigenvalue weighted by molar-refractivity contribution is 7.88. The molecule has 2 N–H and O–H groups in total. The number of hydrogen-bond acceptors (Lipinski definition) is 3. The topological polar surface area (TPSA) is 58.2 Å². The van der Waals surface area contributed by atoms with Gasteiger partial charge in [-0.2, -0.15) is 13.2 Å². The zero-order chi connectivity index (χ0) is 17.1. The van der Waals surface area contributed by atoms with Crippen LogP contribution in [-0.2, 0) is 22.0 Å². The number of halogens is 4. The minimum Gasteiger partial charge on any atom is -0.317 e. The molecule has 1 aromatic carbocycles. The summed E-state index contributed by atoms with van der Waals surface area (Å²) in [6.45, 7) is 3.86. The number of piperidine rings is 1. The van der Waals surface area contributed by atoms with Crippen LogP contribution in [-0.4, -0.2) is 28.1 Å². The molecule has 0 aromatic heterocycles. The monoisotopic (exact) mass is 386 g/mol. The maximum Gasteiger partial charge on any atom is 0.416 e. The van der Waals surface area contributed by atoms with E-state index in [2.05, 4.69) is 10.0 Å². The first kappa shape index (κ1) is 21.2. The molecule has 1 heterocycles. The van der Waals surface area contributed by atoms with E-state index in [4.69, 9.17) is 0 Å². The summed E-state index contributed by atoms with van der Waals surface area (Å²) < 4.78 is 65.6. The summed E-state index contributed by atoms with van der Waals surface area (Å²) in [5.74, 6) is -0.670. The Morgan fingerprint density at radius 3 is 2.38 bits per heavy atom. The Hall–Kier alpha value is -0.830. The highest BCUT2D eigenvalue weighted by Gasteiger charge is 2.34. The molecule has 0 amide bonds. The smallest absolute Gasteiger partial charge is 0.317 e. The second kappa shape index (κ2) is 8.03. The first-order valence-electron chi connectivity index (χ1n) is 7.45. The van der Waals surface area contributed by atoms with Gasteiger partial charge in [-0.15, -0.1) is 12.4 Å². The maximum atomic E-state index is 12.9. The molecule has 1 saturated heterocycles. The molecule has 1 aromatic rings. The fraction of sp³-hybridized carbons (Fsp3) is 0.600. The molecular weight excluding hydrogens is 365 g/mol. The third-order valence-corrected chi connectivity index (χ3v) is 5.47. The van der Waals surface area contributed by atoms with E-state index in [1.807, 2.05) is 6.92 Å². The summed E-state index contributed by atoms with van der Waals surface area (Å²) in [5, 5.41) is 3.20. The molecule has 0 saturated carbocycles. The van der Waals surface area contributed by atoms with E-state index < -0.39 is 27.5 Å². The molecule has 0 bridgehead atoms. The summed E-state index contributed by atoms with van der Waals surface area (Å²) in [5.41, 5.74) is -1.30. The van der Waals surface area contributed by atoms with Crippen LogP contribution in [0, 0.1) is 5.41 Å². The Morgan fingerprint density at radius 1 is 1.21 bits per heavy atom. The third-order valence-electron chi connectivity index (χ3n) is 4.20. The molecular formula is C15H22ClF3N2O2S. The Labute approximate surface area is 146 Å². The van der Waals surface area contributed by atoms with Crippen LogP contribution >= 0.6 is 12.4 Å². The van der Waals surface area contributed by atoms with Crippen LogP contribution in [0.4, 0.5) is 13.2 Å². The fourth-order valence-corrected chi connectivity index (χ4v) is 4.00. The van der Waals surface area contributed by atoms with Crippen molar-refractivity contribution in [1.82, 2.24) is 10.0 Å². The van der Waals surface area contributed by atoms with E-state index in [9.17, 15) is 21.6 Å². The molecule has 1 aliphatic rings. The van der Waals surface area contributed by atoms with Crippen LogP contribution in [0.5, 0.6) is 0 Å². The lowest BCUT2D eigenvalue weighted by molar-refractivity contribution is -0.138. The van der Waals surface area contributed by atoms with Crippen molar-refractivity contribution in [1.29, 1.82) is 0 Å². The number of alkyl halides is 3. The number of sulfonamides is 1. The minimum atomic E-state index is -4.56. The van der Waals surface area contributed by atoms with E-state index in [-0.39, 0.29) is 29.9 Å². The predicted molar refractivity (Wildman–Crippen MR) is 89.5 cm³/mol. The molecule has 0 aliphatic carbocycles. The van der Waals surface area contributed by atoms with E-state index in [1.165, 1.54) is 18.2 Å². The maximum absolute atomic E-state index is 12.9. The van der Waals surface area contributed by atoms with Gasteiger partial charge in [-0.25, -0.2) is 13.1 Å². The minimum absolute atomic E-state index is 0. The van der Waals surface area contributed by atoms with Crippen molar-refractivity contribution < 1.29 is 21.6 Å². The van der Waals surface area contributed by atoms with Gasteiger partial charge in [-0.05, 0) is 43.0 Å². The Morgan fingerprint density at radius 2 is 1.79 bits per heavy atom. The molecule has 0 spiro atoms. The number of nitrogens with one attached hydrogen (secondary N) is 2. The van der Waals surface area contributed by atoms with E-state index in [0.29, 0.717) is 0 Å². The average molecular weight is 387 g/mol. The van der Waals surface area contributed by atoms with Crippen molar-refractivity contribution in [3.63, 3.8) is 0 Å². The molecule has 4 nitrogen and oxygen atoms in total. The SMILES string of the molecule is CC1(CNS(=O)(=O)Cc2ccccc2C(F)(F)F)CCNCC1.Cl. The number of rotatable bonds is 5. The summed E-state index contributed by atoms with van der Waals surface area (Å²) in [6, 6.07) is 4.77. The van der Waals surface area contributed by atoms with Gasteiger partial charge in [0, 0.05) is 6.54 Å². The second-order valence-electron chi connectivity index (χ2n) is 6.30. The van der Waals surface area contributed by atoms with Gasteiger partial charge in [-0.3, -0.25) is 0 Å². The normalized spacial score (nSPS) is 18.0. The van der Waals surface area contributed by atoms with Crippen LogP contribution in [0.1, 0.15) is 30.9 Å². The molecule has 2 rings (SSSR count). The average Bonchev–Trinajstić information content (AvgIpc) is 2.45. The van der Waals surface area contributed by atoms with Crippen LogP contribution < -0.4 is 10.0 Å². The van der Waals surface area contributed by atoms with E-state index >= 15 is 0 Å². The quantitative estimate of drug-likeness (QED) is 0.818. The van der Waals surface area contributed by atoms with Crippen LogP contribution in [0.15, 0.2) is 24.3 Å². The number of hydrogen-bond donors (Lipinski definition) is 2. The van der Waals surface area contributed by atoms with Gasteiger partial charge in [0.25, 0.3) is 0 Å². The molecule has 0 unspecified atom stereocenters.